The molecule has 4 atom stereocenters. The van der Waals surface area contributed by atoms with Crippen LogP contribution in [0.15, 0.2) is 54.6 Å². The van der Waals surface area contributed by atoms with Crippen LogP contribution < -0.4 is 5.32 Å². The van der Waals surface area contributed by atoms with Gasteiger partial charge in [0.15, 0.2) is 0 Å². The number of amides is 2. The van der Waals surface area contributed by atoms with Gasteiger partial charge in [-0.3, -0.25) is 24.6 Å². The van der Waals surface area contributed by atoms with Gasteiger partial charge in [0.05, 0.1) is 18.4 Å². The first-order valence-electron chi connectivity index (χ1n) is 12.4. The Morgan fingerprint density at radius 2 is 1.68 bits per heavy atom. The van der Waals surface area contributed by atoms with E-state index in [0.29, 0.717) is 6.42 Å². The van der Waals surface area contributed by atoms with Crippen LogP contribution in [0, 0.1) is 24.7 Å². The molecular formula is C28H32N2O4. The molecule has 1 aliphatic carbocycles. The zero-order chi connectivity index (χ0) is 23.9. The van der Waals surface area contributed by atoms with E-state index >= 15 is 0 Å². The lowest BCUT2D eigenvalue weighted by Crippen LogP contribution is -2.56. The minimum absolute atomic E-state index is 0.172. The molecule has 2 saturated heterocycles. The number of nitrogens with zero attached hydrogens (tertiary/aromatic N) is 1. The lowest BCUT2D eigenvalue weighted by atomic mass is 9.72. The second-order valence-electron chi connectivity index (χ2n) is 10.2. The molecule has 34 heavy (non-hydrogen) atoms. The number of hydrogen-bond donors (Lipinski definition) is 2. The van der Waals surface area contributed by atoms with E-state index in [2.05, 4.69) is 5.32 Å². The molecule has 2 aromatic carbocycles. The van der Waals surface area contributed by atoms with Gasteiger partial charge in [-0.2, -0.15) is 0 Å². The average Bonchev–Trinajstić information content (AvgIpc) is 3.31. The maximum Gasteiger partial charge on any atom is 0.324 e. The van der Waals surface area contributed by atoms with E-state index in [1.807, 2.05) is 61.5 Å². The van der Waals surface area contributed by atoms with E-state index in [9.17, 15) is 19.5 Å². The molecule has 2 aliphatic heterocycles. The van der Waals surface area contributed by atoms with Gasteiger partial charge in [-0.05, 0) is 36.0 Å². The molecule has 6 heteroatoms. The lowest BCUT2D eigenvalue weighted by Gasteiger charge is -2.35. The Morgan fingerprint density at radius 1 is 1.00 bits per heavy atom. The second kappa shape index (κ2) is 8.99. The van der Waals surface area contributed by atoms with Crippen LogP contribution in [0.5, 0.6) is 0 Å². The smallest absolute Gasteiger partial charge is 0.324 e. The predicted octanol–water partition coefficient (Wildman–Crippen LogP) is 4.23. The molecular weight excluding hydrogens is 428 g/mol. The molecule has 0 aromatic heterocycles. The van der Waals surface area contributed by atoms with E-state index < -0.39 is 29.4 Å². The molecule has 178 valence electrons. The van der Waals surface area contributed by atoms with Crippen LogP contribution in [-0.2, 0) is 20.9 Å². The van der Waals surface area contributed by atoms with Gasteiger partial charge in [0.1, 0.15) is 5.54 Å². The third-order valence-corrected chi connectivity index (χ3v) is 8.17. The maximum atomic E-state index is 13.8. The summed E-state index contributed by atoms with van der Waals surface area (Å²) >= 11 is 0. The zero-order valence-corrected chi connectivity index (χ0v) is 19.6. The number of hydrogen-bond acceptors (Lipinski definition) is 4. The van der Waals surface area contributed by atoms with Gasteiger partial charge in [-0.15, -0.1) is 0 Å². The number of imide groups is 1. The summed E-state index contributed by atoms with van der Waals surface area (Å²) in [5.41, 5.74) is 1.29. The third kappa shape index (κ3) is 3.74. The summed E-state index contributed by atoms with van der Waals surface area (Å²) in [6.07, 6.45) is 5.66. The number of aliphatic carboxylic acids is 1. The highest BCUT2D eigenvalue weighted by Crippen LogP contribution is 2.52. The molecule has 2 amide bonds. The van der Waals surface area contributed by atoms with Crippen molar-refractivity contribution in [3.8, 4) is 0 Å². The Labute approximate surface area is 200 Å². The molecule has 4 unspecified atom stereocenters. The van der Waals surface area contributed by atoms with Crippen LogP contribution in [0.4, 0.5) is 0 Å². The largest absolute Gasteiger partial charge is 0.480 e. The van der Waals surface area contributed by atoms with Gasteiger partial charge in [0.25, 0.3) is 0 Å². The number of carbonyl (C=O) groups is 3. The van der Waals surface area contributed by atoms with E-state index in [0.717, 1.165) is 42.4 Å². The Balaban J connectivity index is 1.57. The maximum absolute atomic E-state index is 13.8. The first-order valence-corrected chi connectivity index (χ1v) is 12.4. The minimum Gasteiger partial charge on any atom is -0.480 e. The summed E-state index contributed by atoms with van der Waals surface area (Å²) in [5, 5.41) is 14.0. The highest BCUT2D eigenvalue weighted by molar-refractivity contribution is 6.09. The topological polar surface area (TPSA) is 86.7 Å². The quantitative estimate of drug-likeness (QED) is 0.630. The van der Waals surface area contributed by atoms with E-state index in [1.165, 1.54) is 11.3 Å². The number of rotatable bonds is 6. The van der Waals surface area contributed by atoms with Crippen molar-refractivity contribution in [2.45, 2.75) is 63.6 Å². The van der Waals surface area contributed by atoms with Crippen molar-refractivity contribution in [3.63, 3.8) is 0 Å². The molecule has 3 aliphatic rings. The van der Waals surface area contributed by atoms with Gasteiger partial charge < -0.3 is 5.11 Å². The van der Waals surface area contributed by atoms with Gasteiger partial charge >= 0.3 is 5.97 Å². The molecule has 2 aromatic rings. The number of likely N-dealkylation sites (tertiary alicyclic amines) is 1. The van der Waals surface area contributed by atoms with E-state index in [-0.39, 0.29) is 24.3 Å². The van der Waals surface area contributed by atoms with Crippen molar-refractivity contribution in [2.75, 3.05) is 0 Å². The molecule has 0 bridgehead atoms. The van der Waals surface area contributed by atoms with Crippen molar-refractivity contribution in [3.05, 3.63) is 71.3 Å². The highest BCUT2D eigenvalue weighted by Gasteiger charge is 2.68. The fourth-order valence-electron chi connectivity index (χ4n) is 6.51. The molecule has 0 spiro atoms. The standard InChI is InChI=1S/C28H32N2O4/c1-18-10-8-9-15-21(18)24-22-23(26(32)30(25(22)31)17-20-13-6-3-7-14-20)28(29-24,27(33)34)16-19-11-4-2-5-12-19/h3,6-10,13-15,19,22-24,29H,2,4-5,11-12,16-17H2,1H3,(H,33,34). The number of aryl methyl sites for hydroxylation is 1. The zero-order valence-electron chi connectivity index (χ0n) is 19.6. The molecule has 0 radical (unpaired) electrons. The predicted molar refractivity (Wildman–Crippen MR) is 128 cm³/mol. The number of fused-ring (bicyclic) bond motifs is 1. The van der Waals surface area contributed by atoms with Crippen molar-refractivity contribution in [1.82, 2.24) is 10.2 Å². The monoisotopic (exact) mass is 460 g/mol. The summed E-state index contributed by atoms with van der Waals surface area (Å²) in [5.74, 6) is -3.05. The number of benzene rings is 2. The fraction of sp³-hybridized carbons (Fsp3) is 0.464. The summed E-state index contributed by atoms with van der Waals surface area (Å²) < 4.78 is 0. The first kappa shape index (κ1) is 22.8. The Bertz CT molecular complexity index is 1090. The Kier molecular flexibility index (Phi) is 6.02. The lowest BCUT2D eigenvalue weighted by molar-refractivity contribution is -0.152. The van der Waals surface area contributed by atoms with Crippen LogP contribution in [0.2, 0.25) is 0 Å². The molecule has 3 fully saturated rings. The summed E-state index contributed by atoms with van der Waals surface area (Å²) in [6.45, 7) is 2.14. The van der Waals surface area contributed by atoms with Crippen LogP contribution in [0.25, 0.3) is 0 Å². The second-order valence-corrected chi connectivity index (χ2v) is 10.2. The minimum atomic E-state index is -1.45. The van der Waals surface area contributed by atoms with Crippen molar-refractivity contribution in [2.24, 2.45) is 17.8 Å². The number of carboxylic acid groups (broad SMARTS) is 1. The van der Waals surface area contributed by atoms with E-state index in [1.54, 1.807) is 0 Å². The SMILES string of the molecule is Cc1ccccc1C1NC(CC2CCCCC2)(C(=O)O)C2C(=O)N(Cc3ccccc3)C(=O)C12. The highest BCUT2D eigenvalue weighted by atomic mass is 16.4. The van der Waals surface area contributed by atoms with Crippen LogP contribution in [0.3, 0.4) is 0 Å². The van der Waals surface area contributed by atoms with Gasteiger partial charge in [0, 0.05) is 6.04 Å². The fourth-order valence-corrected chi connectivity index (χ4v) is 6.51. The van der Waals surface area contributed by atoms with Crippen LogP contribution in [0.1, 0.15) is 61.3 Å². The van der Waals surface area contributed by atoms with Gasteiger partial charge in [-0.25, -0.2) is 0 Å². The van der Waals surface area contributed by atoms with Gasteiger partial charge in [-0.1, -0.05) is 86.7 Å². The van der Waals surface area contributed by atoms with Crippen molar-refractivity contribution < 1.29 is 19.5 Å². The average molecular weight is 461 g/mol. The molecule has 1 saturated carbocycles. The molecule has 6 nitrogen and oxygen atoms in total. The normalized spacial score (nSPS) is 29.4. The Morgan fingerprint density at radius 3 is 2.35 bits per heavy atom. The summed E-state index contributed by atoms with van der Waals surface area (Å²) in [4.78, 5) is 41.9. The first-order chi connectivity index (χ1) is 16.4. The van der Waals surface area contributed by atoms with Crippen LogP contribution >= 0.6 is 0 Å². The van der Waals surface area contributed by atoms with Crippen molar-refractivity contribution >= 4 is 17.8 Å². The number of carboxylic acids is 1. The summed E-state index contributed by atoms with van der Waals surface area (Å²) in [6, 6.07) is 16.7. The van der Waals surface area contributed by atoms with Gasteiger partial charge in [0.2, 0.25) is 11.8 Å². The van der Waals surface area contributed by atoms with Crippen molar-refractivity contribution in [1.29, 1.82) is 0 Å². The molecule has 2 heterocycles. The van der Waals surface area contributed by atoms with E-state index in [4.69, 9.17) is 0 Å². The van der Waals surface area contributed by atoms with Crippen LogP contribution in [-0.4, -0.2) is 33.3 Å². The summed E-state index contributed by atoms with van der Waals surface area (Å²) in [7, 11) is 0. The molecule has 2 N–H and O–H groups in total. The number of carbonyl (C=O) groups excluding carboxylic acids is 2. The Hall–Kier alpha value is -2.99. The third-order valence-electron chi connectivity index (χ3n) is 8.17. The molecule has 5 rings (SSSR count). The number of nitrogens with one attached hydrogen (secondary N) is 1.